The number of hydrogen-bond donors (Lipinski definition) is 0. The summed E-state index contributed by atoms with van der Waals surface area (Å²) < 4.78 is 1.71. The molecule has 2 aliphatic heterocycles. The summed E-state index contributed by atoms with van der Waals surface area (Å²) in [5, 5.41) is 5.48. The van der Waals surface area contributed by atoms with E-state index in [0.717, 1.165) is 91.8 Å². The summed E-state index contributed by atoms with van der Waals surface area (Å²) in [6.07, 6.45) is 14.7. The second-order valence-corrected chi connectivity index (χ2v) is 13.6. The van der Waals surface area contributed by atoms with Crippen LogP contribution in [-0.4, -0.2) is 60.0 Å². The molecule has 1 aliphatic carbocycles. The van der Waals surface area contributed by atoms with E-state index in [1.165, 1.54) is 6.92 Å². The number of benzene rings is 1. The first-order valence-corrected chi connectivity index (χ1v) is 16.9. The molecular formula is C36H45N5O4. The zero-order valence-electron chi connectivity index (χ0n) is 26.9. The first kappa shape index (κ1) is 31.2. The van der Waals surface area contributed by atoms with Crippen LogP contribution in [0.4, 0.5) is 0 Å². The summed E-state index contributed by atoms with van der Waals surface area (Å²) in [5.41, 5.74) is 3.78. The highest BCUT2D eigenvalue weighted by Crippen LogP contribution is 2.62. The van der Waals surface area contributed by atoms with Crippen LogP contribution in [0.25, 0.3) is 22.0 Å². The minimum absolute atomic E-state index is 0.0182. The largest absolute Gasteiger partial charge is 0.327 e. The third-order valence-electron chi connectivity index (χ3n) is 10.3. The minimum atomic E-state index is -0.455. The van der Waals surface area contributed by atoms with Crippen molar-refractivity contribution in [3.8, 4) is 11.1 Å². The van der Waals surface area contributed by atoms with Gasteiger partial charge in [0.25, 0.3) is 0 Å². The molecule has 0 spiro atoms. The molecule has 45 heavy (non-hydrogen) atoms. The Kier molecular flexibility index (Phi) is 8.98. The van der Waals surface area contributed by atoms with Crippen molar-refractivity contribution in [2.24, 2.45) is 5.41 Å². The van der Waals surface area contributed by atoms with Gasteiger partial charge in [0.05, 0.1) is 11.6 Å². The van der Waals surface area contributed by atoms with Gasteiger partial charge in [0, 0.05) is 55.6 Å². The average Bonchev–Trinajstić information content (AvgIpc) is 3.43. The smallest absolute Gasteiger partial charge is 0.245 e. The maximum absolute atomic E-state index is 14.3. The molecule has 4 heterocycles. The van der Waals surface area contributed by atoms with Gasteiger partial charge in [0.2, 0.25) is 5.91 Å². The molecule has 1 amide bonds. The lowest BCUT2D eigenvalue weighted by atomic mass is 9.90. The lowest BCUT2D eigenvalue weighted by Gasteiger charge is -2.27. The van der Waals surface area contributed by atoms with E-state index in [1.54, 1.807) is 17.1 Å². The molecule has 0 N–H and O–H groups in total. The summed E-state index contributed by atoms with van der Waals surface area (Å²) in [7, 11) is 0. The fourth-order valence-corrected chi connectivity index (χ4v) is 7.73. The molecule has 2 bridgehead atoms. The van der Waals surface area contributed by atoms with E-state index in [-0.39, 0.29) is 35.5 Å². The molecule has 3 atom stereocenters. The van der Waals surface area contributed by atoms with Crippen LogP contribution >= 0.6 is 0 Å². The first-order chi connectivity index (χ1) is 21.7. The Morgan fingerprint density at radius 2 is 1.71 bits per heavy atom. The van der Waals surface area contributed by atoms with E-state index in [0.29, 0.717) is 43.0 Å². The molecule has 1 saturated heterocycles. The van der Waals surface area contributed by atoms with E-state index in [4.69, 9.17) is 5.10 Å². The Labute approximate surface area is 265 Å². The summed E-state index contributed by atoms with van der Waals surface area (Å²) >= 11 is 0. The number of carbonyl (C=O) groups is 4. The van der Waals surface area contributed by atoms with E-state index >= 15 is 0 Å². The molecule has 9 heteroatoms. The van der Waals surface area contributed by atoms with Gasteiger partial charge in [-0.3, -0.25) is 23.9 Å². The number of nitrogens with zero attached hydrogens (tertiary/aromatic N) is 5. The normalized spacial score (nSPS) is 24.0. The summed E-state index contributed by atoms with van der Waals surface area (Å²) in [6, 6.07) is 3.61. The highest BCUT2D eigenvalue weighted by Gasteiger charge is 2.66. The van der Waals surface area contributed by atoms with Gasteiger partial charge in [-0.1, -0.05) is 32.6 Å². The predicted octanol–water partition coefficient (Wildman–Crippen LogP) is 6.37. The van der Waals surface area contributed by atoms with Gasteiger partial charge in [-0.05, 0) is 80.5 Å². The van der Waals surface area contributed by atoms with E-state index in [9.17, 15) is 19.2 Å². The maximum Gasteiger partial charge on any atom is 0.245 e. The van der Waals surface area contributed by atoms with Crippen molar-refractivity contribution in [1.29, 1.82) is 0 Å². The molecule has 3 aromatic rings. The Morgan fingerprint density at radius 1 is 0.956 bits per heavy atom. The van der Waals surface area contributed by atoms with Crippen LogP contribution < -0.4 is 0 Å². The van der Waals surface area contributed by atoms with E-state index < -0.39 is 6.04 Å². The van der Waals surface area contributed by atoms with Crippen molar-refractivity contribution in [2.75, 3.05) is 0 Å². The Bertz CT molecular complexity index is 1630. The molecule has 3 aliphatic rings. The average molecular weight is 612 g/mol. The van der Waals surface area contributed by atoms with Gasteiger partial charge >= 0.3 is 0 Å². The maximum atomic E-state index is 14.3. The predicted molar refractivity (Wildman–Crippen MR) is 172 cm³/mol. The zero-order chi connectivity index (χ0) is 31.7. The van der Waals surface area contributed by atoms with Gasteiger partial charge in [0.1, 0.15) is 23.8 Å². The number of unbranched alkanes of at least 4 members (excludes halogenated alkanes) is 2. The van der Waals surface area contributed by atoms with Gasteiger partial charge in [-0.15, -0.1) is 0 Å². The Balaban J connectivity index is 1.41. The number of rotatable bonds is 7. The molecule has 1 aromatic carbocycles. The van der Waals surface area contributed by atoms with Crippen LogP contribution in [0.1, 0.15) is 119 Å². The van der Waals surface area contributed by atoms with Crippen molar-refractivity contribution in [3.05, 3.63) is 41.6 Å². The number of ketones is 3. The van der Waals surface area contributed by atoms with Gasteiger partial charge < -0.3 is 4.90 Å². The molecule has 1 saturated carbocycles. The number of hydrogen-bond acceptors (Lipinski definition) is 7. The first-order valence-electron chi connectivity index (χ1n) is 16.9. The van der Waals surface area contributed by atoms with Gasteiger partial charge in [-0.2, -0.15) is 5.10 Å². The topological polar surface area (TPSA) is 115 Å². The fourth-order valence-electron chi connectivity index (χ4n) is 7.73. The van der Waals surface area contributed by atoms with Gasteiger partial charge in [-0.25, -0.2) is 9.97 Å². The number of piperidine rings is 1. The summed E-state index contributed by atoms with van der Waals surface area (Å²) in [4.78, 5) is 64.2. The minimum Gasteiger partial charge on any atom is -0.327 e. The van der Waals surface area contributed by atoms with Crippen LogP contribution in [0.3, 0.4) is 0 Å². The number of carbonyl (C=O) groups excluding carboxylic acids is 4. The molecule has 6 rings (SSSR count). The molecule has 9 nitrogen and oxygen atoms in total. The Morgan fingerprint density at radius 3 is 2.44 bits per heavy atom. The van der Waals surface area contributed by atoms with E-state index in [2.05, 4.69) is 23.0 Å². The Hall–Kier alpha value is -3.75. The number of aryl methyl sites for hydroxylation is 2. The van der Waals surface area contributed by atoms with Crippen LogP contribution in [0.15, 0.2) is 24.5 Å². The standard InChI is InChI=1S/C36H45N5O4/c1-4-5-8-13-31(44)30-18-36-15-14-28(43)12-10-7-6-9-11-25-16-26(27-20-37-24(3)38-21-27)17-29-34(23(2)42)39-40(35(25)29)22-33(45)41(30)32(36)19-36/h16-17,20-21,30,32H,4-15,18-19,22H2,1-3H3/t30-,32+,36-/m0/s1. The van der Waals surface area contributed by atoms with Crippen LogP contribution in [-0.2, 0) is 27.3 Å². The second-order valence-electron chi connectivity index (χ2n) is 13.6. The van der Waals surface area contributed by atoms with Crippen LogP contribution in [0.2, 0.25) is 0 Å². The van der Waals surface area contributed by atoms with Crippen molar-refractivity contribution < 1.29 is 19.2 Å². The fraction of sp³-hybridized carbons (Fsp3) is 0.583. The lowest BCUT2D eigenvalue weighted by Crippen LogP contribution is -2.44. The lowest BCUT2D eigenvalue weighted by molar-refractivity contribution is -0.139. The molecule has 238 valence electrons. The quantitative estimate of drug-likeness (QED) is 0.225. The molecule has 2 fully saturated rings. The third-order valence-corrected chi connectivity index (χ3v) is 10.3. The zero-order valence-corrected chi connectivity index (χ0v) is 26.9. The molecule has 0 unspecified atom stereocenters. The number of Topliss-reactive ketones (excluding diaryl/α,β-unsaturated/α-hetero) is 3. The van der Waals surface area contributed by atoms with Crippen molar-refractivity contribution in [2.45, 2.75) is 129 Å². The number of aromatic nitrogens is 4. The molecular weight excluding hydrogens is 566 g/mol. The monoisotopic (exact) mass is 611 g/mol. The molecule has 0 radical (unpaired) electrons. The van der Waals surface area contributed by atoms with Crippen molar-refractivity contribution >= 4 is 34.2 Å². The highest BCUT2D eigenvalue weighted by atomic mass is 16.2. The van der Waals surface area contributed by atoms with Crippen molar-refractivity contribution in [3.63, 3.8) is 0 Å². The summed E-state index contributed by atoms with van der Waals surface area (Å²) in [5.74, 6) is 0.811. The third kappa shape index (κ3) is 6.36. The van der Waals surface area contributed by atoms with Gasteiger partial charge in [0.15, 0.2) is 11.6 Å². The van der Waals surface area contributed by atoms with Crippen molar-refractivity contribution in [1.82, 2.24) is 24.6 Å². The molecule has 2 aromatic heterocycles. The summed E-state index contributed by atoms with van der Waals surface area (Å²) in [6.45, 7) is 5.44. The van der Waals surface area contributed by atoms with E-state index in [1.807, 2.05) is 17.9 Å². The SMILES string of the molecule is CCCCCC(=O)[C@@H]1C[C@]23CCC(=O)CCCCCCc4cc(-c5cnc(C)nc5)cc5c(C(C)=O)nn(c45)CC(=O)N1[C@@H]2C3. The second kappa shape index (κ2) is 12.9. The number of amides is 1. The highest BCUT2D eigenvalue weighted by molar-refractivity contribution is 6.07. The van der Waals surface area contributed by atoms with Crippen LogP contribution in [0, 0.1) is 12.3 Å². The van der Waals surface area contributed by atoms with Crippen LogP contribution in [0.5, 0.6) is 0 Å².